The predicted molar refractivity (Wildman–Crippen MR) is 129 cm³/mol. The molecule has 2 aliphatic heterocycles. The monoisotopic (exact) mass is 448 g/mol. The fraction of sp³-hybridized carbons (Fsp3) is 0.417. The third-order valence-corrected chi connectivity index (χ3v) is 7.31. The second kappa shape index (κ2) is 8.86. The van der Waals surface area contributed by atoms with E-state index in [9.17, 15) is 4.79 Å². The van der Waals surface area contributed by atoms with Crippen molar-refractivity contribution in [2.75, 3.05) is 49.1 Å². The summed E-state index contributed by atoms with van der Waals surface area (Å²) in [6, 6.07) is 12.1. The SMILES string of the molecule is Cc1cc(N2CCN(C(=O)c3sc(-c4ccccc4)nc3C)CC2)nc(N2CCCC2)n1. The maximum absolute atomic E-state index is 13.2. The van der Waals surface area contributed by atoms with E-state index < -0.39 is 0 Å². The molecule has 3 aromatic rings. The summed E-state index contributed by atoms with van der Waals surface area (Å²) >= 11 is 1.49. The van der Waals surface area contributed by atoms with Crippen LogP contribution in [0.1, 0.15) is 33.9 Å². The van der Waals surface area contributed by atoms with Crippen molar-refractivity contribution in [1.82, 2.24) is 19.9 Å². The molecule has 1 aromatic carbocycles. The van der Waals surface area contributed by atoms with Crippen molar-refractivity contribution in [3.05, 3.63) is 52.7 Å². The highest BCUT2D eigenvalue weighted by Gasteiger charge is 2.27. The number of aryl methyl sites for hydroxylation is 2. The molecule has 0 bridgehead atoms. The van der Waals surface area contributed by atoms with Gasteiger partial charge in [-0.3, -0.25) is 4.79 Å². The van der Waals surface area contributed by atoms with Crippen molar-refractivity contribution in [2.24, 2.45) is 0 Å². The molecule has 2 fully saturated rings. The summed E-state index contributed by atoms with van der Waals surface area (Å²) in [7, 11) is 0. The Morgan fingerprint density at radius 1 is 0.875 bits per heavy atom. The van der Waals surface area contributed by atoms with Crippen LogP contribution in [0, 0.1) is 13.8 Å². The molecule has 8 heteroatoms. The first-order chi connectivity index (χ1) is 15.6. The van der Waals surface area contributed by atoms with Crippen LogP contribution in [-0.2, 0) is 0 Å². The van der Waals surface area contributed by atoms with Crippen LogP contribution in [0.2, 0.25) is 0 Å². The minimum Gasteiger partial charge on any atom is -0.353 e. The maximum atomic E-state index is 13.2. The standard InChI is InChI=1S/C24H28N6OS/c1-17-16-20(27-24(25-17)30-10-6-7-11-30)28-12-14-29(15-13-28)23(31)21-18(2)26-22(32-21)19-8-4-3-5-9-19/h3-5,8-9,16H,6-7,10-15H2,1-2H3. The molecule has 166 valence electrons. The van der Waals surface area contributed by atoms with E-state index in [2.05, 4.69) is 25.8 Å². The number of benzene rings is 1. The summed E-state index contributed by atoms with van der Waals surface area (Å²) in [6.45, 7) is 8.92. The van der Waals surface area contributed by atoms with E-state index in [0.717, 1.165) is 64.8 Å². The zero-order valence-electron chi connectivity index (χ0n) is 18.6. The van der Waals surface area contributed by atoms with E-state index >= 15 is 0 Å². The van der Waals surface area contributed by atoms with Crippen LogP contribution in [-0.4, -0.2) is 65.0 Å². The van der Waals surface area contributed by atoms with E-state index in [1.54, 1.807) is 0 Å². The molecule has 0 atom stereocenters. The Hall–Kier alpha value is -3.00. The summed E-state index contributed by atoms with van der Waals surface area (Å²) in [5.74, 6) is 1.88. The topological polar surface area (TPSA) is 65.5 Å². The van der Waals surface area contributed by atoms with E-state index in [1.807, 2.05) is 49.1 Å². The van der Waals surface area contributed by atoms with Gasteiger partial charge in [-0.25, -0.2) is 9.97 Å². The number of piperazine rings is 1. The third kappa shape index (κ3) is 4.19. The van der Waals surface area contributed by atoms with Crippen molar-refractivity contribution in [1.29, 1.82) is 0 Å². The summed E-state index contributed by atoms with van der Waals surface area (Å²) in [5, 5.41) is 0.899. The highest BCUT2D eigenvalue weighted by atomic mass is 32.1. The number of hydrogen-bond donors (Lipinski definition) is 0. The average Bonchev–Trinajstić information content (AvgIpc) is 3.49. The smallest absolute Gasteiger partial charge is 0.265 e. The number of carbonyl (C=O) groups excluding carboxylic acids is 1. The lowest BCUT2D eigenvalue weighted by Gasteiger charge is -2.35. The number of nitrogens with zero attached hydrogens (tertiary/aromatic N) is 6. The number of thiazole rings is 1. The molecule has 0 unspecified atom stereocenters. The van der Waals surface area contributed by atoms with Gasteiger partial charge in [-0.05, 0) is 26.7 Å². The largest absolute Gasteiger partial charge is 0.353 e. The molecular formula is C24H28N6OS. The Morgan fingerprint density at radius 3 is 2.31 bits per heavy atom. The Morgan fingerprint density at radius 2 is 1.59 bits per heavy atom. The molecule has 4 heterocycles. The zero-order valence-corrected chi connectivity index (χ0v) is 19.4. The second-order valence-corrected chi connectivity index (χ2v) is 9.44. The number of anilines is 2. The normalized spacial score (nSPS) is 16.6. The van der Waals surface area contributed by atoms with Crippen LogP contribution in [0.4, 0.5) is 11.8 Å². The van der Waals surface area contributed by atoms with Gasteiger partial charge in [-0.1, -0.05) is 30.3 Å². The Labute approximate surface area is 192 Å². The third-order valence-electron chi connectivity index (χ3n) is 6.12. The van der Waals surface area contributed by atoms with Crippen LogP contribution < -0.4 is 9.80 Å². The van der Waals surface area contributed by atoms with Gasteiger partial charge in [0.1, 0.15) is 15.7 Å². The van der Waals surface area contributed by atoms with Gasteiger partial charge in [0, 0.05) is 56.6 Å². The van der Waals surface area contributed by atoms with Gasteiger partial charge in [0.25, 0.3) is 5.91 Å². The number of aromatic nitrogens is 3. The van der Waals surface area contributed by atoms with Crippen LogP contribution >= 0.6 is 11.3 Å². The summed E-state index contributed by atoms with van der Waals surface area (Å²) in [5.41, 5.74) is 2.85. The van der Waals surface area contributed by atoms with Gasteiger partial charge in [-0.15, -0.1) is 11.3 Å². The summed E-state index contributed by atoms with van der Waals surface area (Å²) in [4.78, 5) is 34.6. The number of amides is 1. The number of rotatable bonds is 4. The highest BCUT2D eigenvalue weighted by molar-refractivity contribution is 7.17. The molecule has 32 heavy (non-hydrogen) atoms. The molecule has 0 saturated carbocycles. The van der Waals surface area contributed by atoms with Crippen LogP contribution in [0.5, 0.6) is 0 Å². The van der Waals surface area contributed by atoms with Gasteiger partial charge in [-0.2, -0.15) is 4.98 Å². The minimum atomic E-state index is 0.0819. The van der Waals surface area contributed by atoms with E-state index in [0.29, 0.717) is 13.1 Å². The molecule has 0 N–H and O–H groups in total. The Kier molecular flexibility index (Phi) is 5.78. The zero-order chi connectivity index (χ0) is 22.1. The first-order valence-electron chi connectivity index (χ1n) is 11.3. The van der Waals surface area contributed by atoms with Gasteiger partial charge in [0.05, 0.1) is 5.69 Å². The van der Waals surface area contributed by atoms with Crippen molar-refractivity contribution in [3.63, 3.8) is 0 Å². The van der Waals surface area contributed by atoms with Crippen LogP contribution in [0.15, 0.2) is 36.4 Å². The van der Waals surface area contributed by atoms with E-state index in [4.69, 9.17) is 4.98 Å². The van der Waals surface area contributed by atoms with Gasteiger partial charge >= 0.3 is 0 Å². The minimum absolute atomic E-state index is 0.0819. The summed E-state index contributed by atoms with van der Waals surface area (Å²) < 4.78 is 0. The van der Waals surface area contributed by atoms with Crippen molar-refractivity contribution in [3.8, 4) is 10.6 Å². The molecule has 2 saturated heterocycles. The van der Waals surface area contributed by atoms with Gasteiger partial charge in [0.2, 0.25) is 5.95 Å². The van der Waals surface area contributed by atoms with Gasteiger partial charge < -0.3 is 14.7 Å². The van der Waals surface area contributed by atoms with E-state index in [1.165, 1.54) is 24.2 Å². The number of hydrogen-bond acceptors (Lipinski definition) is 7. The second-order valence-electron chi connectivity index (χ2n) is 8.44. The first-order valence-corrected chi connectivity index (χ1v) is 12.1. The van der Waals surface area contributed by atoms with Crippen LogP contribution in [0.3, 0.4) is 0 Å². The first kappa shape index (κ1) is 20.9. The molecule has 2 aliphatic rings. The highest BCUT2D eigenvalue weighted by Crippen LogP contribution is 2.29. The lowest BCUT2D eigenvalue weighted by Crippen LogP contribution is -2.49. The van der Waals surface area contributed by atoms with Crippen molar-refractivity contribution >= 4 is 29.0 Å². The van der Waals surface area contributed by atoms with Gasteiger partial charge in [0.15, 0.2) is 0 Å². The molecule has 0 aliphatic carbocycles. The molecule has 0 radical (unpaired) electrons. The van der Waals surface area contributed by atoms with Crippen molar-refractivity contribution < 1.29 is 4.79 Å². The molecule has 2 aromatic heterocycles. The molecule has 7 nitrogen and oxygen atoms in total. The quantitative estimate of drug-likeness (QED) is 0.605. The number of carbonyl (C=O) groups is 1. The fourth-order valence-electron chi connectivity index (χ4n) is 4.34. The molecule has 1 amide bonds. The molecule has 5 rings (SSSR count). The lowest BCUT2D eigenvalue weighted by atomic mass is 10.2. The van der Waals surface area contributed by atoms with Crippen molar-refractivity contribution in [2.45, 2.75) is 26.7 Å². The van der Waals surface area contributed by atoms with Crippen LogP contribution in [0.25, 0.3) is 10.6 Å². The summed E-state index contributed by atoms with van der Waals surface area (Å²) in [6.07, 6.45) is 2.41. The molecule has 0 spiro atoms. The molecular weight excluding hydrogens is 420 g/mol. The maximum Gasteiger partial charge on any atom is 0.265 e. The van der Waals surface area contributed by atoms with E-state index in [-0.39, 0.29) is 5.91 Å². The Balaban J connectivity index is 1.27. The predicted octanol–water partition coefficient (Wildman–Crippen LogP) is 3.78. The fourth-order valence-corrected chi connectivity index (χ4v) is 5.38. The average molecular weight is 449 g/mol. The lowest BCUT2D eigenvalue weighted by molar-refractivity contribution is 0.0750. The Bertz CT molecular complexity index is 1100.